The molecule has 0 spiro atoms. The molecule has 0 amide bonds. The van der Waals surface area contributed by atoms with Crippen molar-refractivity contribution in [1.82, 2.24) is 10.2 Å². The monoisotopic (exact) mass is 294 g/mol. The SMILES string of the molecule is CCCCC(CC)CN1CC(C(C)CC)NCC1C1CC1. The molecule has 2 aliphatic rings. The second kappa shape index (κ2) is 8.53. The number of piperazine rings is 1. The zero-order valence-corrected chi connectivity index (χ0v) is 14.9. The third kappa shape index (κ3) is 4.96. The lowest BCUT2D eigenvalue weighted by molar-refractivity contribution is 0.0771. The number of nitrogens with zero attached hydrogens (tertiary/aromatic N) is 1. The maximum Gasteiger partial charge on any atom is 0.0249 e. The molecule has 124 valence electrons. The van der Waals surface area contributed by atoms with Crippen LogP contribution in [0, 0.1) is 17.8 Å². The fourth-order valence-electron chi connectivity index (χ4n) is 3.92. The van der Waals surface area contributed by atoms with E-state index in [0.29, 0.717) is 6.04 Å². The first-order valence-corrected chi connectivity index (χ1v) is 9.66. The Kier molecular flexibility index (Phi) is 7.01. The Balaban J connectivity index is 1.92. The molecule has 2 rings (SSSR count). The van der Waals surface area contributed by atoms with E-state index in [1.54, 1.807) is 0 Å². The molecule has 1 N–H and O–H groups in total. The van der Waals surface area contributed by atoms with Crippen molar-refractivity contribution in [2.45, 2.75) is 84.7 Å². The molecule has 1 aliphatic carbocycles. The van der Waals surface area contributed by atoms with Gasteiger partial charge in [-0.25, -0.2) is 0 Å². The van der Waals surface area contributed by atoms with Gasteiger partial charge >= 0.3 is 0 Å². The van der Waals surface area contributed by atoms with Crippen LogP contribution in [-0.2, 0) is 0 Å². The molecule has 2 heteroatoms. The Hall–Kier alpha value is -0.0800. The quantitative estimate of drug-likeness (QED) is 0.682. The van der Waals surface area contributed by atoms with Gasteiger partial charge in [0.25, 0.3) is 0 Å². The minimum atomic E-state index is 0.716. The van der Waals surface area contributed by atoms with E-state index in [4.69, 9.17) is 0 Å². The highest BCUT2D eigenvalue weighted by Crippen LogP contribution is 2.37. The van der Waals surface area contributed by atoms with E-state index in [0.717, 1.165) is 23.8 Å². The van der Waals surface area contributed by atoms with Gasteiger partial charge in [-0.2, -0.15) is 0 Å². The summed E-state index contributed by atoms with van der Waals surface area (Å²) in [4.78, 5) is 2.88. The summed E-state index contributed by atoms with van der Waals surface area (Å²) in [6.07, 6.45) is 9.79. The highest BCUT2D eigenvalue weighted by atomic mass is 15.2. The van der Waals surface area contributed by atoms with Crippen LogP contribution in [0.2, 0.25) is 0 Å². The van der Waals surface area contributed by atoms with E-state index in [1.165, 1.54) is 64.6 Å². The second-order valence-corrected chi connectivity index (χ2v) is 7.68. The first kappa shape index (κ1) is 17.3. The maximum absolute atomic E-state index is 3.86. The van der Waals surface area contributed by atoms with E-state index in [1.807, 2.05) is 0 Å². The average Bonchev–Trinajstić information content (AvgIpc) is 3.35. The number of rotatable bonds is 9. The van der Waals surface area contributed by atoms with Crippen LogP contribution in [-0.4, -0.2) is 36.6 Å². The largest absolute Gasteiger partial charge is 0.311 e. The summed E-state index contributed by atoms with van der Waals surface area (Å²) in [6.45, 7) is 13.3. The van der Waals surface area contributed by atoms with Crippen molar-refractivity contribution in [2.24, 2.45) is 17.8 Å². The van der Waals surface area contributed by atoms with Crippen molar-refractivity contribution >= 4 is 0 Å². The summed E-state index contributed by atoms with van der Waals surface area (Å²) in [5.74, 6) is 2.73. The Bertz CT molecular complexity index is 287. The predicted molar refractivity (Wildman–Crippen MR) is 92.6 cm³/mol. The third-order valence-electron chi connectivity index (χ3n) is 6.02. The lowest BCUT2D eigenvalue weighted by Gasteiger charge is -2.44. The molecule has 1 heterocycles. The third-order valence-corrected chi connectivity index (χ3v) is 6.02. The maximum atomic E-state index is 3.86. The van der Waals surface area contributed by atoms with Crippen molar-refractivity contribution < 1.29 is 0 Å². The van der Waals surface area contributed by atoms with Crippen molar-refractivity contribution in [2.75, 3.05) is 19.6 Å². The minimum absolute atomic E-state index is 0.716. The van der Waals surface area contributed by atoms with Crippen LogP contribution in [0.5, 0.6) is 0 Å². The molecule has 1 saturated heterocycles. The summed E-state index contributed by atoms with van der Waals surface area (Å²) in [5.41, 5.74) is 0. The van der Waals surface area contributed by atoms with Crippen LogP contribution in [0.4, 0.5) is 0 Å². The second-order valence-electron chi connectivity index (χ2n) is 7.68. The molecule has 2 fully saturated rings. The van der Waals surface area contributed by atoms with Crippen LogP contribution >= 0.6 is 0 Å². The number of hydrogen-bond acceptors (Lipinski definition) is 2. The average molecular weight is 295 g/mol. The highest BCUT2D eigenvalue weighted by molar-refractivity contribution is 4.96. The van der Waals surface area contributed by atoms with Crippen LogP contribution in [0.15, 0.2) is 0 Å². The van der Waals surface area contributed by atoms with Crippen LogP contribution < -0.4 is 5.32 Å². The van der Waals surface area contributed by atoms with Gasteiger partial charge in [0.2, 0.25) is 0 Å². The first-order chi connectivity index (χ1) is 10.2. The van der Waals surface area contributed by atoms with Gasteiger partial charge in [-0.15, -0.1) is 0 Å². The van der Waals surface area contributed by atoms with Crippen molar-refractivity contribution in [3.05, 3.63) is 0 Å². The van der Waals surface area contributed by atoms with Gasteiger partial charge in [0.1, 0.15) is 0 Å². The summed E-state index contributed by atoms with van der Waals surface area (Å²) >= 11 is 0. The Morgan fingerprint density at radius 2 is 1.90 bits per heavy atom. The number of hydrogen-bond donors (Lipinski definition) is 1. The topological polar surface area (TPSA) is 15.3 Å². The summed E-state index contributed by atoms with van der Waals surface area (Å²) in [5, 5.41) is 3.86. The van der Waals surface area contributed by atoms with Crippen molar-refractivity contribution in [1.29, 1.82) is 0 Å². The Morgan fingerprint density at radius 1 is 1.14 bits per heavy atom. The van der Waals surface area contributed by atoms with E-state index < -0.39 is 0 Å². The molecule has 0 bridgehead atoms. The van der Waals surface area contributed by atoms with Gasteiger partial charge in [-0.3, -0.25) is 4.90 Å². The fourth-order valence-corrected chi connectivity index (χ4v) is 3.92. The molecular weight excluding hydrogens is 256 g/mol. The van der Waals surface area contributed by atoms with Gasteiger partial charge in [-0.1, -0.05) is 53.4 Å². The molecule has 21 heavy (non-hydrogen) atoms. The zero-order chi connectivity index (χ0) is 15.2. The van der Waals surface area contributed by atoms with E-state index in [-0.39, 0.29) is 0 Å². The standard InChI is InChI=1S/C19H38N2/c1-5-8-9-16(7-3)13-21-14-18(15(4)6-2)20-12-19(21)17-10-11-17/h15-20H,5-14H2,1-4H3. The van der Waals surface area contributed by atoms with Gasteiger partial charge in [0, 0.05) is 31.7 Å². The normalized spacial score (nSPS) is 30.3. The van der Waals surface area contributed by atoms with Crippen molar-refractivity contribution in [3.63, 3.8) is 0 Å². The predicted octanol–water partition coefficient (Wildman–Crippen LogP) is 4.30. The molecule has 4 unspecified atom stereocenters. The van der Waals surface area contributed by atoms with Crippen LogP contribution in [0.3, 0.4) is 0 Å². The molecule has 2 nitrogen and oxygen atoms in total. The van der Waals surface area contributed by atoms with Gasteiger partial charge in [0.15, 0.2) is 0 Å². The Labute approximate surface area is 133 Å². The van der Waals surface area contributed by atoms with Crippen molar-refractivity contribution in [3.8, 4) is 0 Å². The minimum Gasteiger partial charge on any atom is -0.311 e. The lowest BCUT2D eigenvalue weighted by atomic mass is 9.92. The molecule has 0 radical (unpaired) electrons. The zero-order valence-electron chi connectivity index (χ0n) is 14.9. The molecule has 1 saturated carbocycles. The summed E-state index contributed by atoms with van der Waals surface area (Å²) < 4.78 is 0. The molecule has 1 aliphatic heterocycles. The summed E-state index contributed by atoms with van der Waals surface area (Å²) in [7, 11) is 0. The molecule has 4 atom stereocenters. The molecule has 0 aromatic carbocycles. The van der Waals surface area contributed by atoms with E-state index >= 15 is 0 Å². The van der Waals surface area contributed by atoms with Crippen LogP contribution in [0.25, 0.3) is 0 Å². The summed E-state index contributed by atoms with van der Waals surface area (Å²) in [6, 6.07) is 1.55. The molecule has 0 aromatic heterocycles. The van der Waals surface area contributed by atoms with Gasteiger partial charge in [0.05, 0.1) is 0 Å². The smallest absolute Gasteiger partial charge is 0.0249 e. The van der Waals surface area contributed by atoms with E-state index in [2.05, 4.69) is 37.9 Å². The number of unbranched alkanes of at least 4 members (excludes halogenated alkanes) is 1. The lowest BCUT2D eigenvalue weighted by Crippen LogP contribution is -2.59. The fraction of sp³-hybridized carbons (Fsp3) is 1.00. The highest BCUT2D eigenvalue weighted by Gasteiger charge is 2.39. The van der Waals surface area contributed by atoms with Gasteiger partial charge < -0.3 is 5.32 Å². The first-order valence-electron chi connectivity index (χ1n) is 9.66. The molecular formula is C19H38N2. The molecule has 0 aromatic rings. The van der Waals surface area contributed by atoms with Crippen LogP contribution in [0.1, 0.15) is 72.6 Å². The van der Waals surface area contributed by atoms with E-state index in [9.17, 15) is 0 Å². The number of nitrogens with one attached hydrogen (secondary N) is 1. The Morgan fingerprint density at radius 3 is 2.48 bits per heavy atom. The van der Waals surface area contributed by atoms with Gasteiger partial charge in [-0.05, 0) is 37.0 Å².